The Balaban J connectivity index is 1.43. The Bertz CT molecular complexity index is 887. The molecular formula is C16H23N7O3S. The first-order valence-corrected chi connectivity index (χ1v) is 10.4. The molecule has 4 rings (SSSR count). The molecule has 2 fully saturated rings. The van der Waals surface area contributed by atoms with Gasteiger partial charge in [0.1, 0.15) is 5.82 Å². The lowest BCUT2D eigenvalue weighted by atomic mass is 10.3. The second-order valence-corrected chi connectivity index (χ2v) is 8.47. The van der Waals surface area contributed by atoms with E-state index in [0.717, 1.165) is 18.9 Å². The number of aromatic nitrogens is 4. The van der Waals surface area contributed by atoms with Crippen LogP contribution in [0.25, 0.3) is 0 Å². The third kappa shape index (κ3) is 3.75. The molecule has 0 unspecified atom stereocenters. The highest BCUT2D eigenvalue weighted by molar-refractivity contribution is 7.89. The first kappa shape index (κ1) is 18.1. The highest BCUT2D eigenvalue weighted by atomic mass is 32.2. The number of morpholine rings is 1. The molecule has 10 nitrogen and oxygen atoms in total. The highest BCUT2D eigenvalue weighted by Crippen LogP contribution is 2.20. The molecule has 0 bridgehead atoms. The molecule has 27 heavy (non-hydrogen) atoms. The number of rotatable bonds is 4. The van der Waals surface area contributed by atoms with E-state index in [1.54, 1.807) is 17.8 Å². The van der Waals surface area contributed by atoms with Crippen LogP contribution in [-0.2, 0) is 21.8 Å². The second-order valence-electron chi connectivity index (χ2n) is 6.58. The van der Waals surface area contributed by atoms with Crippen LogP contribution in [0.15, 0.2) is 29.8 Å². The molecule has 4 heterocycles. The molecule has 2 aliphatic heterocycles. The van der Waals surface area contributed by atoms with Crippen molar-refractivity contribution in [3.63, 3.8) is 0 Å². The molecule has 0 amide bonds. The average molecular weight is 393 g/mol. The molecule has 146 valence electrons. The molecule has 2 aromatic rings. The summed E-state index contributed by atoms with van der Waals surface area (Å²) in [6.07, 6.45) is 4.78. The molecule has 0 saturated carbocycles. The van der Waals surface area contributed by atoms with Gasteiger partial charge in [0.15, 0.2) is 5.03 Å². The Morgan fingerprint density at radius 2 is 1.74 bits per heavy atom. The smallest absolute Gasteiger partial charge is 0.262 e. The maximum Gasteiger partial charge on any atom is 0.262 e. The molecule has 0 spiro atoms. The van der Waals surface area contributed by atoms with Crippen molar-refractivity contribution in [2.75, 3.05) is 62.3 Å². The minimum absolute atomic E-state index is 0.0927. The average Bonchev–Trinajstić information content (AvgIpc) is 3.16. The van der Waals surface area contributed by atoms with Crippen LogP contribution in [-0.4, -0.2) is 84.7 Å². The van der Waals surface area contributed by atoms with Crippen molar-refractivity contribution in [1.82, 2.24) is 23.8 Å². The number of hydrogen-bond acceptors (Lipinski definition) is 8. The Morgan fingerprint density at radius 1 is 1.00 bits per heavy atom. The van der Waals surface area contributed by atoms with Crippen LogP contribution in [0, 0.1) is 0 Å². The first-order valence-electron chi connectivity index (χ1n) is 8.93. The van der Waals surface area contributed by atoms with Crippen molar-refractivity contribution >= 4 is 21.8 Å². The lowest BCUT2D eigenvalue weighted by Gasteiger charge is -2.34. The summed E-state index contributed by atoms with van der Waals surface area (Å²) in [6.45, 7) is 4.86. The van der Waals surface area contributed by atoms with Gasteiger partial charge in [-0.15, -0.1) is 0 Å². The molecule has 0 aromatic carbocycles. The van der Waals surface area contributed by atoms with Crippen molar-refractivity contribution < 1.29 is 13.2 Å². The van der Waals surface area contributed by atoms with Crippen LogP contribution in [0.4, 0.5) is 11.8 Å². The number of nitrogens with zero attached hydrogens (tertiary/aromatic N) is 7. The molecular weight excluding hydrogens is 370 g/mol. The lowest BCUT2D eigenvalue weighted by molar-refractivity contribution is 0.122. The number of anilines is 2. The van der Waals surface area contributed by atoms with Crippen LogP contribution in [0.3, 0.4) is 0 Å². The Hall–Kier alpha value is -2.24. The van der Waals surface area contributed by atoms with Crippen molar-refractivity contribution in [1.29, 1.82) is 0 Å². The SMILES string of the molecule is Cn1cnc(S(=O)(=O)N2CCN(c3ccnc(N4CCOCC4)n3)CC2)c1. The van der Waals surface area contributed by atoms with Gasteiger partial charge in [0.05, 0.1) is 19.5 Å². The molecule has 2 aromatic heterocycles. The predicted octanol–water partition coefficient (Wildman–Crippen LogP) is -0.442. The molecule has 2 saturated heterocycles. The van der Waals surface area contributed by atoms with Crippen molar-refractivity contribution in [3.05, 3.63) is 24.8 Å². The monoisotopic (exact) mass is 393 g/mol. The van der Waals surface area contributed by atoms with Crippen molar-refractivity contribution in [2.24, 2.45) is 7.05 Å². The molecule has 2 aliphatic rings. The Morgan fingerprint density at radius 3 is 2.41 bits per heavy atom. The number of aryl methyl sites for hydroxylation is 1. The van der Waals surface area contributed by atoms with E-state index in [4.69, 9.17) is 4.74 Å². The summed E-state index contributed by atoms with van der Waals surface area (Å²) in [4.78, 5) is 17.2. The van der Waals surface area contributed by atoms with Gasteiger partial charge in [-0.2, -0.15) is 9.29 Å². The molecule has 0 aliphatic carbocycles. The Kier molecular flexibility index (Phi) is 4.98. The lowest BCUT2D eigenvalue weighted by Crippen LogP contribution is -2.49. The number of hydrogen-bond donors (Lipinski definition) is 0. The van der Waals surface area contributed by atoms with Gasteiger partial charge >= 0.3 is 0 Å². The van der Waals surface area contributed by atoms with E-state index in [1.807, 2.05) is 6.07 Å². The van der Waals surface area contributed by atoms with Gasteiger partial charge in [-0.1, -0.05) is 0 Å². The van der Waals surface area contributed by atoms with Gasteiger partial charge in [-0.3, -0.25) is 0 Å². The largest absolute Gasteiger partial charge is 0.378 e. The van der Waals surface area contributed by atoms with Crippen LogP contribution in [0.5, 0.6) is 0 Å². The van der Waals surface area contributed by atoms with E-state index in [-0.39, 0.29) is 5.03 Å². The second kappa shape index (κ2) is 7.41. The van der Waals surface area contributed by atoms with E-state index >= 15 is 0 Å². The summed E-state index contributed by atoms with van der Waals surface area (Å²) in [5, 5.41) is 0.0927. The number of ether oxygens (including phenoxy) is 1. The van der Waals surface area contributed by atoms with E-state index in [0.29, 0.717) is 45.3 Å². The number of sulfonamides is 1. The van der Waals surface area contributed by atoms with Gasteiger partial charge < -0.3 is 19.1 Å². The van der Waals surface area contributed by atoms with E-state index < -0.39 is 10.0 Å². The van der Waals surface area contributed by atoms with E-state index in [2.05, 4.69) is 24.8 Å². The topological polar surface area (TPSA) is 96.7 Å². The highest BCUT2D eigenvalue weighted by Gasteiger charge is 2.30. The normalized spacial score (nSPS) is 19.4. The quantitative estimate of drug-likeness (QED) is 0.690. The maximum absolute atomic E-state index is 12.7. The minimum Gasteiger partial charge on any atom is -0.378 e. The summed E-state index contributed by atoms with van der Waals surface area (Å²) in [7, 11) is -1.80. The number of imidazole rings is 1. The number of piperazine rings is 1. The third-order valence-electron chi connectivity index (χ3n) is 4.77. The fourth-order valence-corrected chi connectivity index (χ4v) is 4.63. The summed E-state index contributed by atoms with van der Waals surface area (Å²) in [6, 6.07) is 1.87. The van der Waals surface area contributed by atoms with Gasteiger partial charge in [-0.25, -0.2) is 18.4 Å². The molecule has 0 N–H and O–H groups in total. The zero-order valence-electron chi connectivity index (χ0n) is 15.2. The van der Waals surface area contributed by atoms with Crippen LogP contribution in [0.1, 0.15) is 0 Å². The van der Waals surface area contributed by atoms with Crippen LogP contribution >= 0.6 is 0 Å². The minimum atomic E-state index is -3.55. The van der Waals surface area contributed by atoms with Crippen LogP contribution in [0.2, 0.25) is 0 Å². The maximum atomic E-state index is 12.7. The fraction of sp³-hybridized carbons (Fsp3) is 0.562. The standard InChI is InChI=1S/C16H23N7O3S/c1-20-12-15(18-13-20)27(24,25)23-6-4-21(5-7-23)14-2-3-17-16(19-14)22-8-10-26-11-9-22/h2-3,12-13H,4-11H2,1H3. The van der Waals surface area contributed by atoms with E-state index in [1.165, 1.54) is 16.8 Å². The molecule has 0 atom stereocenters. The third-order valence-corrected chi connectivity index (χ3v) is 6.55. The van der Waals surface area contributed by atoms with Gasteiger partial charge in [-0.05, 0) is 6.07 Å². The van der Waals surface area contributed by atoms with Gasteiger partial charge in [0, 0.05) is 58.7 Å². The summed E-state index contributed by atoms with van der Waals surface area (Å²) < 4.78 is 33.9. The summed E-state index contributed by atoms with van der Waals surface area (Å²) in [5.41, 5.74) is 0. The molecule has 11 heteroatoms. The fourth-order valence-electron chi connectivity index (χ4n) is 3.24. The zero-order chi connectivity index (χ0) is 18.9. The van der Waals surface area contributed by atoms with Crippen molar-refractivity contribution in [2.45, 2.75) is 5.03 Å². The summed E-state index contributed by atoms with van der Waals surface area (Å²) >= 11 is 0. The zero-order valence-corrected chi connectivity index (χ0v) is 16.0. The predicted molar refractivity (Wildman–Crippen MR) is 99.2 cm³/mol. The van der Waals surface area contributed by atoms with Crippen LogP contribution < -0.4 is 9.80 Å². The Labute approximate surface area is 158 Å². The van der Waals surface area contributed by atoms with Gasteiger partial charge in [0.2, 0.25) is 5.95 Å². The summed E-state index contributed by atoms with van der Waals surface area (Å²) in [5.74, 6) is 1.51. The van der Waals surface area contributed by atoms with Crippen molar-refractivity contribution in [3.8, 4) is 0 Å². The first-order chi connectivity index (χ1) is 13.0. The molecule has 0 radical (unpaired) electrons. The van der Waals surface area contributed by atoms with E-state index in [9.17, 15) is 8.42 Å². The van der Waals surface area contributed by atoms with Gasteiger partial charge in [0.25, 0.3) is 10.0 Å².